The number of unbranched alkanes of at least 4 members (excludes halogenated alkanes) is 4. The van der Waals surface area contributed by atoms with E-state index in [2.05, 4.69) is 25.5 Å². The van der Waals surface area contributed by atoms with Gasteiger partial charge in [-0.25, -0.2) is 9.69 Å². The predicted octanol–water partition coefficient (Wildman–Crippen LogP) is 3.56. The molecule has 0 aromatic heterocycles. The molecule has 1 unspecified atom stereocenters. The molecule has 1 amide bonds. The van der Waals surface area contributed by atoms with Gasteiger partial charge in [-0.3, -0.25) is 0 Å². The van der Waals surface area contributed by atoms with E-state index >= 15 is 0 Å². The van der Waals surface area contributed by atoms with Crippen LogP contribution in [0.25, 0.3) is 0 Å². The molecule has 0 aliphatic carbocycles. The molecule has 1 aliphatic rings. The van der Waals surface area contributed by atoms with Crippen molar-refractivity contribution >= 4 is 6.09 Å². The molecule has 0 aromatic rings. The number of hydrogen-bond acceptors (Lipinski definition) is 2. The Hall–Kier alpha value is -1.43. The third kappa shape index (κ3) is 5.27. The van der Waals surface area contributed by atoms with Gasteiger partial charge < -0.3 is 4.74 Å². The molecule has 0 N–H and O–H groups in total. The largest absolute Gasteiger partial charge is 0.448 e. The van der Waals surface area contributed by atoms with Crippen molar-refractivity contribution < 1.29 is 9.53 Å². The molecule has 0 saturated carbocycles. The molecule has 1 fully saturated rings. The summed E-state index contributed by atoms with van der Waals surface area (Å²) < 4.78 is 5.09. The molecule has 0 radical (unpaired) electrons. The van der Waals surface area contributed by atoms with Crippen molar-refractivity contribution in [3.05, 3.63) is 12.7 Å². The fourth-order valence-corrected chi connectivity index (χ4v) is 1.91. The molecule has 1 heterocycles. The van der Waals surface area contributed by atoms with Gasteiger partial charge in [0.2, 0.25) is 0 Å². The molecule has 0 spiro atoms. The molecule has 3 heteroatoms. The first-order chi connectivity index (χ1) is 8.77. The summed E-state index contributed by atoms with van der Waals surface area (Å²) in [7, 11) is 0. The van der Waals surface area contributed by atoms with Gasteiger partial charge in [0.15, 0.2) is 0 Å². The number of amides is 1. The third-order valence-corrected chi connectivity index (χ3v) is 2.97. The Kier molecular flexibility index (Phi) is 7.01. The zero-order valence-electron chi connectivity index (χ0n) is 11.3. The van der Waals surface area contributed by atoms with Crippen LogP contribution in [0.2, 0.25) is 0 Å². The van der Waals surface area contributed by atoms with Crippen LogP contribution in [0.5, 0.6) is 0 Å². The highest BCUT2D eigenvalue weighted by molar-refractivity contribution is 5.70. The zero-order chi connectivity index (χ0) is 13.2. The van der Waals surface area contributed by atoms with Crippen molar-refractivity contribution in [3.63, 3.8) is 0 Å². The van der Waals surface area contributed by atoms with Crippen molar-refractivity contribution in [2.75, 3.05) is 13.2 Å². The zero-order valence-corrected chi connectivity index (χ0v) is 11.3. The highest BCUT2D eigenvalue weighted by atomic mass is 16.6. The van der Waals surface area contributed by atoms with E-state index in [1.807, 2.05) is 6.08 Å². The maximum absolute atomic E-state index is 11.5. The van der Waals surface area contributed by atoms with E-state index in [4.69, 9.17) is 4.74 Å². The highest BCUT2D eigenvalue weighted by Gasteiger charge is 2.25. The minimum atomic E-state index is -0.309. The maximum atomic E-state index is 11.5. The van der Waals surface area contributed by atoms with Crippen molar-refractivity contribution in [3.8, 4) is 12.0 Å². The van der Waals surface area contributed by atoms with Gasteiger partial charge in [-0.05, 0) is 12.8 Å². The average Bonchev–Trinajstić information content (AvgIpc) is 2.37. The van der Waals surface area contributed by atoms with E-state index in [1.165, 1.54) is 24.2 Å². The number of ether oxygens (including phenoxy) is 1. The lowest BCUT2D eigenvalue weighted by Crippen LogP contribution is -2.39. The Morgan fingerprint density at radius 3 is 3.06 bits per heavy atom. The number of nitrogens with zero attached hydrogens (tertiary/aromatic N) is 1. The molecular formula is C15H23NO2. The first-order valence-corrected chi connectivity index (χ1v) is 6.81. The summed E-state index contributed by atoms with van der Waals surface area (Å²) in [6, 6.07) is 2.91. The lowest BCUT2D eigenvalue weighted by Gasteiger charge is -2.27. The SMILES string of the molecule is C=CCC1COC(=O)N(C#CCCCCCC)C1. The monoisotopic (exact) mass is 249 g/mol. The topological polar surface area (TPSA) is 29.5 Å². The fraction of sp³-hybridized carbons (Fsp3) is 0.667. The van der Waals surface area contributed by atoms with Crippen LogP contribution in [0.15, 0.2) is 12.7 Å². The number of rotatable bonds is 6. The van der Waals surface area contributed by atoms with Gasteiger partial charge in [0.25, 0.3) is 0 Å². The summed E-state index contributed by atoms with van der Waals surface area (Å²) in [5, 5.41) is 0. The smallest absolute Gasteiger partial charge is 0.421 e. The Morgan fingerprint density at radius 2 is 2.33 bits per heavy atom. The van der Waals surface area contributed by atoms with Crippen LogP contribution in [0.4, 0.5) is 4.79 Å². The summed E-state index contributed by atoms with van der Waals surface area (Å²) in [5.41, 5.74) is 0. The summed E-state index contributed by atoms with van der Waals surface area (Å²) in [5.74, 6) is 3.38. The Morgan fingerprint density at radius 1 is 1.50 bits per heavy atom. The summed E-state index contributed by atoms with van der Waals surface area (Å²) in [6.07, 6.45) is 8.09. The first kappa shape index (κ1) is 14.6. The van der Waals surface area contributed by atoms with Gasteiger partial charge in [0, 0.05) is 24.9 Å². The molecule has 1 saturated heterocycles. The second-order valence-corrected chi connectivity index (χ2v) is 4.68. The van der Waals surface area contributed by atoms with Crippen LogP contribution in [-0.2, 0) is 4.74 Å². The first-order valence-electron chi connectivity index (χ1n) is 6.81. The van der Waals surface area contributed by atoms with Crippen LogP contribution < -0.4 is 0 Å². The maximum Gasteiger partial charge on any atom is 0.421 e. The molecular weight excluding hydrogens is 226 g/mol. The van der Waals surface area contributed by atoms with Crippen molar-refractivity contribution in [1.82, 2.24) is 4.90 Å². The standard InChI is InChI=1S/C15H23NO2/c1-3-5-6-7-8-9-11-16-12-14(10-4-2)13-18-15(16)17/h4,14H,2-3,5-8,10,12-13H2,1H3. The van der Waals surface area contributed by atoms with Gasteiger partial charge in [0.05, 0.1) is 6.61 Å². The van der Waals surface area contributed by atoms with Crippen molar-refractivity contribution in [2.45, 2.75) is 45.4 Å². The van der Waals surface area contributed by atoms with Crippen molar-refractivity contribution in [2.24, 2.45) is 5.92 Å². The van der Waals surface area contributed by atoms with Crippen LogP contribution in [0.3, 0.4) is 0 Å². The second-order valence-electron chi connectivity index (χ2n) is 4.68. The summed E-state index contributed by atoms with van der Waals surface area (Å²) in [4.78, 5) is 13.0. The highest BCUT2D eigenvalue weighted by Crippen LogP contribution is 2.14. The number of hydrogen-bond donors (Lipinski definition) is 0. The Balaban J connectivity index is 2.32. The minimum absolute atomic E-state index is 0.309. The van der Waals surface area contributed by atoms with E-state index in [9.17, 15) is 4.79 Å². The van der Waals surface area contributed by atoms with Gasteiger partial charge in [-0.15, -0.1) is 6.58 Å². The molecule has 100 valence electrons. The Bertz CT molecular complexity index is 327. The number of allylic oxidation sites excluding steroid dienone is 1. The van der Waals surface area contributed by atoms with Gasteiger partial charge in [-0.1, -0.05) is 38.2 Å². The van der Waals surface area contributed by atoms with Crippen LogP contribution in [0, 0.1) is 17.9 Å². The third-order valence-electron chi connectivity index (χ3n) is 2.97. The van der Waals surface area contributed by atoms with E-state index in [0.717, 1.165) is 19.3 Å². The molecule has 0 bridgehead atoms. The van der Waals surface area contributed by atoms with Gasteiger partial charge in [0.1, 0.15) is 0 Å². The van der Waals surface area contributed by atoms with Gasteiger partial charge >= 0.3 is 6.09 Å². The summed E-state index contributed by atoms with van der Waals surface area (Å²) >= 11 is 0. The molecule has 1 rings (SSSR count). The average molecular weight is 249 g/mol. The predicted molar refractivity (Wildman–Crippen MR) is 72.9 cm³/mol. The van der Waals surface area contributed by atoms with E-state index in [-0.39, 0.29) is 6.09 Å². The molecule has 0 aromatic carbocycles. The van der Waals surface area contributed by atoms with E-state index < -0.39 is 0 Å². The van der Waals surface area contributed by atoms with Crippen LogP contribution in [0.1, 0.15) is 45.4 Å². The summed E-state index contributed by atoms with van der Waals surface area (Å²) in [6.45, 7) is 7.04. The Labute approximate surface area is 110 Å². The normalized spacial score (nSPS) is 18.8. The quantitative estimate of drug-likeness (QED) is 0.409. The number of carbonyl (C=O) groups is 1. The lowest BCUT2D eigenvalue weighted by molar-refractivity contribution is 0.0649. The van der Waals surface area contributed by atoms with Crippen LogP contribution in [-0.4, -0.2) is 24.1 Å². The lowest BCUT2D eigenvalue weighted by atomic mass is 10.1. The number of carbonyl (C=O) groups excluding carboxylic acids is 1. The van der Waals surface area contributed by atoms with E-state index in [0.29, 0.717) is 19.1 Å². The fourth-order valence-electron chi connectivity index (χ4n) is 1.91. The molecule has 18 heavy (non-hydrogen) atoms. The van der Waals surface area contributed by atoms with Crippen molar-refractivity contribution in [1.29, 1.82) is 0 Å². The minimum Gasteiger partial charge on any atom is -0.448 e. The van der Waals surface area contributed by atoms with E-state index in [1.54, 1.807) is 0 Å². The number of cyclic esters (lactones) is 1. The molecule has 3 nitrogen and oxygen atoms in total. The van der Waals surface area contributed by atoms with Gasteiger partial charge in [-0.2, -0.15) is 0 Å². The second kappa shape index (κ2) is 8.63. The van der Waals surface area contributed by atoms with Crippen LogP contribution >= 0.6 is 0 Å². The molecule has 1 atom stereocenters. The molecule has 1 aliphatic heterocycles.